The summed E-state index contributed by atoms with van der Waals surface area (Å²) in [5.41, 5.74) is 13.2. The van der Waals surface area contributed by atoms with Crippen molar-refractivity contribution in [1.82, 2.24) is 4.98 Å². The number of hydrogen-bond acceptors (Lipinski definition) is 9. The number of aromatic carboxylic acids is 1. The number of halogens is 3. The minimum Gasteiger partial charge on any atom is -0.478 e. The Bertz CT molecular complexity index is 1280. The van der Waals surface area contributed by atoms with Crippen LogP contribution in [0.5, 0.6) is 5.75 Å². The zero-order valence-corrected chi connectivity index (χ0v) is 18.3. The molecule has 2 unspecified atom stereocenters. The van der Waals surface area contributed by atoms with Crippen molar-refractivity contribution in [3.05, 3.63) is 42.0 Å². The number of fused-ring (bicyclic) bond motifs is 2. The summed E-state index contributed by atoms with van der Waals surface area (Å²) in [4.78, 5) is 29.1. The first-order valence-electron chi connectivity index (χ1n) is 9.76. The number of nitrogens with one attached hydrogen (secondary N) is 2. The van der Waals surface area contributed by atoms with E-state index in [4.69, 9.17) is 11.5 Å². The molecule has 1 aromatic heterocycles. The number of anilines is 3. The highest BCUT2D eigenvalue weighted by atomic mass is 32.1. The number of rotatable bonds is 7. The van der Waals surface area contributed by atoms with E-state index in [-0.39, 0.29) is 22.9 Å². The first-order valence-corrected chi connectivity index (χ1v) is 10.6. The van der Waals surface area contributed by atoms with E-state index in [9.17, 15) is 27.9 Å². The summed E-state index contributed by atoms with van der Waals surface area (Å²) >= 11 is 1.05. The number of benzene rings is 2. The first-order chi connectivity index (χ1) is 15.9. The number of nitrogens with two attached hydrogens (primary N) is 2. The van der Waals surface area contributed by atoms with Gasteiger partial charge in [-0.15, -0.1) is 13.2 Å². The SMILES string of the molecule is CN1c2ccc(C(=O)O)cc2NC1(Nc1nc2ccc(OC(F)(F)F)cc2s1)C(N)CC(N)=O. The third kappa shape index (κ3) is 4.36. The van der Waals surface area contributed by atoms with E-state index in [1.54, 1.807) is 18.0 Å². The van der Waals surface area contributed by atoms with Gasteiger partial charge in [0.1, 0.15) is 5.75 Å². The Labute approximate surface area is 194 Å². The van der Waals surface area contributed by atoms with Gasteiger partial charge in [0.2, 0.25) is 11.7 Å². The van der Waals surface area contributed by atoms with Gasteiger partial charge < -0.3 is 36.8 Å². The summed E-state index contributed by atoms with van der Waals surface area (Å²) in [6, 6.07) is 7.24. The lowest BCUT2D eigenvalue weighted by Crippen LogP contribution is -2.67. The number of ether oxygens (including phenoxy) is 1. The summed E-state index contributed by atoms with van der Waals surface area (Å²) in [6.45, 7) is 0. The lowest BCUT2D eigenvalue weighted by molar-refractivity contribution is -0.274. The van der Waals surface area contributed by atoms with Gasteiger partial charge in [-0.2, -0.15) is 0 Å². The molecule has 10 nitrogen and oxygen atoms in total. The molecule has 2 heterocycles. The molecule has 1 amide bonds. The van der Waals surface area contributed by atoms with E-state index in [0.717, 1.165) is 17.4 Å². The van der Waals surface area contributed by atoms with Crippen molar-refractivity contribution in [2.24, 2.45) is 11.5 Å². The van der Waals surface area contributed by atoms with Crippen LogP contribution in [0.15, 0.2) is 36.4 Å². The molecule has 14 heteroatoms. The average Bonchev–Trinajstić information content (AvgIpc) is 3.24. The summed E-state index contributed by atoms with van der Waals surface area (Å²) in [5.74, 6) is -3.53. The zero-order valence-electron chi connectivity index (χ0n) is 17.5. The number of nitrogens with zero attached hydrogens (tertiary/aromatic N) is 2. The Morgan fingerprint density at radius 2 is 2.06 bits per heavy atom. The highest BCUT2D eigenvalue weighted by Gasteiger charge is 2.48. The standard InChI is InChI=1S/C20H19F3N6O4S/c1-29-13-5-2-9(17(31)32)6-12(13)27-19(29,15(24)8-16(25)30)28-18-26-11-4-3-10(7-14(11)34-18)33-20(21,22)23/h2-7,15,27H,8,24H2,1H3,(H2,25,30)(H,26,28)(H,31,32). The largest absolute Gasteiger partial charge is 0.573 e. The monoisotopic (exact) mass is 496 g/mol. The fourth-order valence-corrected chi connectivity index (χ4v) is 4.73. The van der Waals surface area contributed by atoms with Crippen molar-refractivity contribution in [3.8, 4) is 5.75 Å². The van der Waals surface area contributed by atoms with Gasteiger partial charge in [-0.25, -0.2) is 9.78 Å². The molecule has 3 aromatic rings. The maximum absolute atomic E-state index is 12.6. The summed E-state index contributed by atoms with van der Waals surface area (Å²) in [7, 11) is 1.68. The topological polar surface area (TPSA) is 156 Å². The van der Waals surface area contributed by atoms with Gasteiger partial charge in [-0.3, -0.25) is 4.79 Å². The van der Waals surface area contributed by atoms with E-state index in [1.165, 1.54) is 24.3 Å². The van der Waals surface area contributed by atoms with Crippen LogP contribution in [0.2, 0.25) is 0 Å². The van der Waals surface area contributed by atoms with Crippen molar-refractivity contribution in [1.29, 1.82) is 0 Å². The molecule has 1 aliphatic heterocycles. The van der Waals surface area contributed by atoms with E-state index in [1.807, 2.05) is 0 Å². The molecule has 0 fully saturated rings. The zero-order chi connectivity index (χ0) is 24.8. The maximum atomic E-state index is 12.6. The van der Waals surface area contributed by atoms with Crippen LogP contribution in [-0.2, 0) is 4.79 Å². The minimum absolute atomic E-state index is 0.0381. The van der Waals surface area contributed by atoms with E-state index in [0.29, 0.717) is 21.6 Å². The Balaban J connectivity index is 1.72. The highest BCUT2D eigenvalue weighted by Crippen LogP contribution is 2.43. The molecule has 2 aromatic carbocycles. The van der Waals surface area contributed by atoms with Crippen LogP contribution in [0.4, 0.5) is 29.7 Å². The Morgan fingerprint density at radius 3 is 2.71 bits per heavy atom. The summed E-state index contributed by atoms with van der Waals surface area (Å²) in [5, 5.41) is 15.9. The number of hydrogen-bond donors (Lipinski definition) is 5. The van der Waals surface area contributed by atoms with Crippen LogP contribution in [-0.4, -0.2) is 47.2 Å². The summed E-state index contributed by atoms with van der Waals surface area (Å²) < 4.78 is 42.1. The van der Waals surface area contributed by atoms with Gasteiger partial charge in [0.25, 0.3) is 0 Å². The van der Waals surface area contributed by atoms with Crippen molar-refractivity contribution >= 4 is 49.9 Å². The van der Waals surface area contributed by atoms with Crippen LogP contribution in [0, 0.1) is 0 Å². The number of amides is 1. The van der Waals surface area contributed by atoms with E-state index in [2.05, 4.69) is 20.4 Å². The number of likely N-dealkylation sites (N-methyl/N-ethyl adjacent to an activating group) is 1. The lowest BCUT2D eigenvalue weighted by atomic mass is 10.1. The number of carboxylic acid groups (broad SMARTS) is 1. The Hall–Kier alpha value is -3.78. The molecule has 1 aliphatic rings. The smallest absolute Gasteiger partial charge is 0.478 e. The third-order valence-corrected chi connectivity index (χ3v) is 6.24. The predicted octanol–water partition coefficient (Wildman–Crippen LogP) is 2.72. The number of carboxylic acids is 1. The second kappa shape index (κ2) is 8.22. The molecule has 34 heavy (non-hydrogen) atoms. The molecule has 0 bridgehead atoms. The Morgan fingerprint density at radius 1 is 1.32 bits per heavy atom. The van der Waals surface area contributed by atoms with Crippen LogP contribution in [0.1, 0.15) is 16.8 Å². The first kappa shape index (κ1) is 23.4. The normalized spacial score (nSPS) is 18.3. The minimum atomic E-state index is -4.83. The predicted molar refractivity (Wildman–Crippen MR) is 120 cm³/mol. The number of carbonyl (C=O) groups excluding carboxylic acids is 1. The molecule has 2 atom stereocenters. The van der Waals surface area contributed by atoms with Crippen LogP contribution in [0.25, 0.3) is 10.2 Å². The molecule has 0 saturated heterocycles. The molecular weight excluding hydrogens is 477 g/mol. The van der Waals surface area contributed by atoms with Crippen molar-refractivity contribution < 1.29 is 32.6 Å². The number of alkyl halides is 3. The van der Waals surface area contributed by atoms with Crippen LogP contribution in [0.3, 0.4) is 0 Å². The summed E-state index contributed by atoms with van der Waals surface area (Å²) in [6.07, 6.45) is -5.07. The molecule has 4 rings (SSSR count). The fourth-order valence-electron chi connectivity index (χ4n) is 3.77. The van der Waals surface area contributed by atoms with Gasteiger partial charge in [0, 0.05) is 19.5 Å². The van der Waals surface area contributed by atoms with Crippen molar-refractivity contribution in [2.45, 2.75) is 24.6 Å². The number of thiazole rings is 1. The molecule has 180 valence electrons. The van der Waals surface area contributed by atoms with Crippen LogP contribution >= 0.6 is 11.3 Å². The lowest BCUT2D eigenvalue weighted by Gasteiger charge is -2.42. The van der Waals surface area contributed by atoms with Crippen molar-refractivity contribution in [2.75, 3.05) is 22.6 Å². The second-order valence-electron chi connectivity index (χ2n) is 7.59. The maximum Gasteiger partial charge on any atom is 0.573 e. The van der Waals surface area contributed by atoms with Gasteiger partial charge in [0.15, 0.2) is 5.13 Å². The molecule has 0 spiro atoms. The number of primary amides is 1. The average molecular weight is 496 g/mol. The van der Waals surface area contributed by atoms with E-state index < -0.39 is 30.1 Å². The molecular formula is C20H19F3N6O4S. The molecule has 7 N–H and O–H groups in total. The fraction of sp³-hybridized carbons (Fsp3) is 0.250. The molecule has 0 saturated carbocycles. The number of aromatic nitrogens is 1. The second-order valence-corrected chi connectivity index (χ2v) is 8.62. The van der Waals surface area contributed by atoms with Crippen LogP contribution < -0.4 is 31.7 Å². The molecule has 0 aliphatic carbocycles. The van der Waals surface area contributed by atoms with Gasteiger partial charge >= 0.3 is 12.3 Å². The third-order valence-electron chi connectivity index (χ3n) is 5.31. The van der Waals surface area contributed by atoms with Gasteiger partial charge in [-0.1, -0.05) is 11.3 Å². The van der Waals surface area contributed by atoms with E-state index >= 15 is 0 Å². The number of carbonyl (C=O) groups is 2. The van der Waals surface area contributed by atoms with Crippen molar-refractivity contribution in [3.63, 3.8) is 0 Å². The Kier molecular flexibility index (Phi) is 5.65. The quantitative estimate of drug-likeness (QED) is 0.332. The highest BCUT2D eigenvalue weighted by molar-refractivity contribution is 7.22. The van der Waals surface area contributed by atoms with Gasteiger partial charge in [-0.05, 0) is 30.3 Å². The van der Waals surface area contributed by atoms with Gasteiger partial charge in [0.05, 0.1) is 33.2 Å². The molecule has 0 radical (unpaired) electrons.